The van der Waals surface area contributed by atoms with Crippen LogP contribution in [0.5, 0.6) is 0 Å². The highest BCUT2D eigenvalue weighted by Crippen LogP contribution is 2.63. The van der Waals surface area contributed by atoms with Gasteiger partial charge in [0, 0.05) is 27.8 Å². The second kappa shape index (κ2) is 11.3. The quantitative estimate of drug-likeness (QED) is 0.169. The predicted molar refractivity (Wildman–Crippen MR) is 237 cm³/mol. The van der Waals surface area contributed by atoms with E-state index in [1.54, 1.807) is 0 Å². The molecule has 0 amide bonds. The number of furan rings is 1. The van der Waals surface area contributed by atoms with Gasteiger partial charge in [-0.3, -0.25) is 0 Å². The second-order valence-corrected chi connectivity index (χ2v) is 15.6. The van der Waals surface area contributed by atoms with Crippen LogP contribution in [0.25, 0.3) is 76.5 Å². The van der Waals surface area contributed by atoms with Crippen LogP contribution in [0.4, 0.5) is 17.1 Å². The molecule has 1 spiro atoms. The molecule has 2 nitrogen and oxygen atoms in total. The molecule has 13 rings (SSSR count). The third-order valence-electron chi connectivity index (χ3n) is 12.8. The highest BCUT2D eigenvalue weighted by atomic mass is 16.3. The first-order valence-corrected chi connectivity index (χ1v) is 19.8. The van der Waals surface area contributed by atoms with Gasteiger partial charge in [-0.25, -0.2) is 0 Å². The fourth-order valence-electron chi connectivity index (χ4n) is 10.6. The molecule has 0 unspecified atom stereocenters. The van der Waals surface area contributed by atoms with Crippen LogP contribution in [0.2, 0.25) is 0 Å². The van der Waals surface area contributed by atoms with E-state index >= 15 is 0 Å². The Morgan fingerprint density at radius 1 is 0.281 bits per heavy atom. The number of fused-ring (bicyclic) bond motifs is 19. The van der Waals surface area contributed by atoms with Gasteiger partial charge in [-0.2, -0.15) is 0 Å². The first kappa shape index (κ1) is 30.9. The van der Waals surface area contributed by atoms with Crippen molar-refractivity contribution in [3.05, 3.63) is 222 Å². The van der Waals surface area contributed by atoms with E-state index < -0.39 is 0 Å². The maximum absolute atomic E-state index is 6.34. The van der Waals surface area contributed by atoms with Crippen LogP contribution in [-0.4, -0.2) is 0 Å². The number of rotatable bonds is 3. The maximum Gasteiger partial charge on any atom is 0.135 e. The molecule has 2 aliphatic carbocycles. The Kier molecular flexibility index (Phi) is 6.13. The molecular formula is C55H33NO. The molecule has 11 aromatic rings. The van der Waals surface area contributed by atoms with E-state index in [0.29, 0.717) is 0 Å². The zero-order chi connectivity index (χ0) is 37.2. The summed E-state index contributed by atoms with van der Waals surface area (Å²) in [6.07, 6.45) is 0. The molecule has 0 atom stereocenters. The number of para-hydroxylation sites is 1. The van der Waals surface area contributed by atoms with Crippen LogP contribution in [0.1, 0.15) is 22.3 Å². The maximum atomic E-state index is 6.34. The Balaban J connectivity index is 1.09. The van der Waals surface area contributed by atoms with E-state index in [4.69, 9.17) is 4.42 Å². The molecule has 0 saturated heterocycles. The molecule has 1 aromatic heterocycles. The molecule has 0 N–H and O–H groups in total. The number of nitrogens with zero attached hydrogens (tertiary/aromatic N) is 1. The minimum atomic E-state index is -0.389. The van der Waals surface area contributed by atoms with E-state index in [0.717, 1.165) is 39.0 Å². The Labute approximate surface area is 329 Å². The molecule has 2 aliphatic rings. The fraction of sp³-hybridized carbons (Fsp3) is 0.0182. The smallest absolute Gasteiger partial charge is 0.135 e. The van der Waals surface area contributed by atoms with Crippen LogP contribution in [0.15, 0.2) is 205 Å². The average molecular weight is 724 g/mol. The summed E-state index contributed by atoms with van der Waals surface area (Å²) in [4.78, 5) is 2.44. The molecule has 0 aliphatic heterocycles. The lowest BCUT2D eigenvalue weighted by molar-refractivity contribution is 0.669. The van der Waals surface area contributed by atoms with Crippen molar-refractivity contribution in [3.63, 3.8) is 0 Å². The third-order valence-corrected chi connectivity index (χ3v) is 12.8. The van der Waals surface area contributed by atoms with Gasteiger partial charge in [0.1, 0.15) is 11.2 Å². The van der Waals surface area contributed by atoms with Crippen LogP contribution >= 0.6 is 0 Å². The van der Waals surface area contributed by atoms with Crippen molar-refractivity contribution in [2.75, 3.05) is 4.90 Å². The Hall–Kier alpha value is -7.42. The number of hydrogen-bond acceptors (Lipinski definition) is 2. The highest BCUT2D eigenvalue weighted by molar-refractivity contribution is 6.26. The van der Waals surface area contributed by atoms with Crippen molar-refractivity contribution in [1.82, 2.24) is 0 Å². The van der Waals surface area contributed by atoms with Crippen molar-refractivity contribution in [2.24, 2.45) is 0 Å². The summed E-state index contributed by atoms with van der Waals surface area (Å²) in [5.41, 5.74) is 15.3. The van der Waals surface area contributed by atoms with Crippen molar-refractivity contribution in [1.29, 1.82) is 0 Å². The van der Waals surface area contributed by atoms with Gasteiger partial charge in [-0.05, 0) is 125 Å². The molecule has 2 heteroatoms. The summed E-state index contributed by atoms with van der Waals surface area (Å²) in [6.45, 7) is 0. The second-order valence-electron chi connectivity index (χ2n) is 15.6. The molecule has 10 aromatic carbocycles. The summed E-state index contributed by atoms with van der Waals surface area (Å²) in [7, 11) is 0. The first-order chi connectivity index (χ1) is 28.3. The normalized spacial score (nSPS) is 13.4. The number of anilines is 3. The lowest BCUT2D eigenvalue weighted by Gasteiger charge is -2.31. The van der Waals surface area contributed by atoms with Gasteiger partial charge in [0.25, 0.3) is 0 Å². The van der Waals surface area contributed by atoms with Crippen LogP contribution in [0, 0.1) is 0 Å². The minimum Gasteiger partial charge on any atom is -0.456 e. The standard InChI is InChI=1S/C55H33NO/c1-2-15-39-37(13-1)38-14-3-4-16-40(38)46-31-34(25-28-41(39)46)56(36-27-30-54-48(33-36)45-20-8-12-24-53(45)57-54)35-26-29-52-47(32-35)44-19-7-11-23-51(44)55(52)49-21-9-5-17-42(49)43-18-6-10-22-50(43)55/h1-33H. The van der Waals surface area contributed by atoms with Crippen LogP contribution < -0.4 is 4.90 Å². The largest absolute Gasteiger partial charge is 0.456 e. The average Bonchev–Trinajstić information content (AvgIpc) is 3.90. The Bertz CT molecular complexity index is 3420. The van der Waals surface area contributed by atoms with E-state index in [1.165, 1.54) is 76.8 Å². The van der Waals surface area contributed by atoms with Crippen molar-refractivity contribution < 1.29 is 4.42 Å². The molecule has 1 heterocycles. The van der Waals surface area contributed by atoms with E-state index in [9.17, 15) is 0 Å². The molecule has 0 radical (unpaired) electrons. The van der Waals surface area contributed by atoms with Crippen LogP contribution in [0.3, 0.4) is 0 Å². The Morgan fingerprint density at radius 2 is 0.684 bits per heavy atom. The lowest BCUT2D eigenvalue weighted by atomic mass is 9.70. The van der Waals surface area contributed by atoms with E-state index in [-0.39, 0.29) is 5.41 Å². The van der Waals surface area contributed by atoms with Crippen LogP contribution in [-0.2, 0) is 5.41 Å². The zero-order valence-corrected chi connectivity index (χ0v) is 30.9. The molecular weight excluding hydrogens is 691 g/mol. The summed E-state index contributed by atoms with van der Waals surface area (Å²) >= 11 is 0. The monoisotopic (exact) mass is 723 g/mol. The van der Waals surface area contributed by atoms with E-state index in [1.807, 2.05) is 6.07 Å². The van der Waals surface area contributed by atoms with Gasteiger partial charge in [0.15, 0.2) is 0 Å². The lowest BCUT2D eigenvalue weighted by Crippen LogP contribution is -2.25. The van der Waals surface area contributed by atoms with Gasteiger partial charge in [0.2, 0.25) is 0 Å². The first-order valence-electron chi connectivity index (χ1n) is 19.8. The minimum absolute atomic E-state index is 0.389. The SMILES string of the molecule is c1ccc2c(c1)-c1ccccc1C21c2ccccc2-c2cc(N(c3ccc4oc5ccccc5c4c3)c3ccc4c5ccccc5c5ccccc5c4c3)ccc21. The molecule has 57 heavy (non-hydrogen) atoms. The summed E-state index contributed by atoms with van der Waals surface area (Å²) in [6, 6.07) is 73.9. The highest BCUT2D eigenvalue weighted by Gasteiger charge is 2.51. The molecule has 264 valence electrons. The molecule has 0 bridgehead atoms. The van der Waals surface area contributed by atoms with Crippen molar-refractivity contribution in [3.8, 4) is 22.3 Å². The van der Waals surface area contributed by atoms with Gasteiger partial charge in [-0.15, -0.1) is 0 Å². The van der Waals surface area contributed by atoms with E-state index in [2.05, 4.69) is 199 Å². The van der Waals surface area contributed by atoms with Gasteiger partial charge in [0.05, 0.1) is 5.41 Å². The zero-order valence-electron chi connectivity index (χ0n) is 30.9. The van der Waals surface area contributed by atoms with Gasteiger partial charge < -0.3 is 9.32 Å². The summed E-state index contributed by atoms with van der Waals surface area (Å²) in [5, 5.41) is 9.80. The van der Waals surface area contributed by atoms with Crippen molar-refractivity contribution >= 4 is 71.3 Å². The number of hydrogen-bond donors (Lipinski definition) is 0. The molecule has 0 fully saturated rings. The molecule has 0 saturated carbocycles. The summed E-state index contributed by atoms with van der Waals surface area (Å²) in [5.74, 6) is 0. The topological polar surface area (TPSA) is 16.4 Å². The summed E-state index contributed by atoms with van der Waals surface area (Å²) < 4.78 is 6.34. The third kappa shape index (κ3) is 4.04. The Morgan fingerprint density at radius 3 is 1.32 bits per heavy atom. The number of benzene rings is 10. The predicted octanol–water partition coefficient (Wildman–Crippen LogP) is 14.9. The van der Waals surface area contributed by atoms with Gasteiger partial charge in [-0.1, -0.05) is 152 Å². The fourth-order valence-corrected chi connectivity index (χ4v) is 10.6. The van der Waals surface area contributed by atoms with Crippen molar-refractivity contribution in [2.45, 2.75) is 5.41 Å². The van der Waals surface area contributed by atoms with Gasteiger partial charge >= 0.3 is 0 Å².